The van der Waals surface area contributed by atoms with Crippen LogP contribution in [-0.2, 0) is 0 Å². The Morgan fingerprint density at radius 2 is 2.17 bits per heavy atom. The number of amides is 1. The van der Waals surface area contributed by atoms with Gasteiger partial charge in [-0.05, 0) is 38.5 Å². The minimum Gasteiger partial charge on any atom is -0.495 e. The number of nitrogen functional groups attached to an aromatic ring is 1. The number of benzene rings is 1. The normalized spacial score (nSPS) is 13.8. The van der Waals surface area contributed by atoms with Crippen LogP contribution in [0.5, 0.6) is 5.75 Å². The molecule has 0 aromatic heterocycles. The Morgan fingerprint density at radius 3 is 2.67 bits per heavy atom. The van der Waals surface area contributed by atoms with Gasteiger partial charge < -0.3 is 20.9 Å². The standard InChI is InChI=1S/C13H20N2O3/c1-8(6-9(2)16)15-13(17)10-4-5-12(18-3)11(14)7-10/h4-5,7-9,16H,6,14H2,1-3H3,(H,15,17). The topological polar surface area (TPSA) is 84.6 Å². The van der Waals surface area contributed by atoms with E-state index in [9.17, 15) is 9.90 Å². The number of carbonyl (C=O) groups is 1. The second kappa shape index (κ2) is 6.26. The van der Waals surface area contributed by atoms with Crippen LogP contribution >= 0.6 is 0 Å². The van der Waals surface area contributed by atoms with E-state index in [0.717, 1.165) is 0 Å². The summed E-state index contributed by atoms with van der Waals surface area (Å²) in [4.78, 5) is 11.9. The molecule has 0 radical (unpaired) electrons. The molecule has 5 heteroatoms. The summed E-state index contributed by atoms with van der Waals surface area (Å²) in [6.45, 7) is 3.53. The first kappa shape index (κ1) is 14.3. The smallest absolute Gasteiger partial charge is 0.251 e. The molecule has 1 aromatic rings. The zero-order valence-corrected chi connectivity index (χ0v) is 10.9. The first-order valence-corrected chi connectivity index (χ1v) is 5.86. The molecule has 0 saturated carbocycles. The molecule has 2 unspecified atom stereocenters. The molecule has 0 heterocycles. The van der Waals surface area contributed by atoms with Crippen molar-refractivity contribution in [3.63, 3.8) is 0 Å². The number of carbonyl (C=O) groups excluding carboxylic acids is 1. The number of nitrogens with one attached hydrogen (secondary N) is 1. The van der Waals surface area contributed by atoms with E-state index in [1.807, 2.05) is 6.92 Å². The minimum atomic E-state index is -0.443. The van der Waals surface area contributed by atoms with Crippen molar-refractivity contribution in [1.29, 1.82) is 0 Å². The van der Waals surface area contributed by atoms with E-state index in [2.05, 4.69) is 5.32 Å². The fourth-order valence-corrected chi connectivity index (χ4v) is 1.75. The summed E-state index contributed by atoms with van der Waals surface area (Å²) in [6, 6.07) is 4.78. The molecule has 1 rings (SSSR count). The molecule has 0 bridgehead atoms. The fourth-order valence-electron chi connectivity index (χ4n) is 1.75. The van der Waals surface area contributed by atoms with Gasteiger partial charge >= 0.3 is 0 Å². The zero-order chi connectivity index (χ0) is 13.7. The number of aliphatic hydroxyl groups excluding tert-OH is 1. The monoisotopic (exact) mass is 252 g/mol. The summed E-state index contributed by atoms with van der Waals surface area (Å²) < 4.78 is 5.02. The molecule has 1 aromatic carbocycles. The molecule has 1 amide bonds. The van der Waals surface area contributed by atoms with E-state index in [4.69, 9.17) is 10.5 Å². The van der Waals surface area contributed by atoms with E-state index < -0.39 is 6.10 Å². The molecule has 0 aliphatic carbocycles. The van der Waals surface area contributed by atoms with Crippen molar-refractivity contribution < 1.29 is 14.6 Å². The Hall–Kier alpha value is -1.75. The Bertz CT molecular complexity index is 419. The predicted molar refractivity (Wildman–Crippen MR) is 70.6 cm³/mol. The lowest BCUT2D eigenvalue weighted by molar-refractivity contribution is 0.0923. The number of methoxy groups -OCH3 is 1. The van der Waals surface area contributed by atoms with E-state index in [-0.39, 0.29) is 11.9 Å². The highest BCUT2D eigenvalue weighted by Gasteiger charge is 2.12. The molecule has 2 atom stereocenters. The van der Waals surface area contributed by atoms with Gasteiger partial charge in [0.05, 0.1) is 18.9 Å². The van der Waals surface area contributed by atoms with Crippen LogP contribution in [-0.4, -0.2) is 30.3 Å². The SMILES string of the molecule is COc1ccc(C(=O)NC(C)CC(C)O)cc1N. The van der Waals surface area contributed by atoms with Crippen molar-refractivity contribution in [3.05, 3.63) is 23.8 Å². The molecule has 0 aliphatic rings. The quantitative estimate of drug-likeness (QED) is 0.687. The number of hydrogen-bond donors (Lipinski definition) is 3. The highest BCUT2D eigenvalue weighted by Crippen LogP contribution is 2.21. The van der Waals surface area contributed by atoms with Gasteiger partial charge in [0.2, 0.25) is 0 Å². The summed E-state index contributed by atoms with van der Waals surface area (Å²) in [5, 5.41) is 12.0. The van der Waals surface area contributed by atoms with Gasteiger partial charge in [-0.2, -0.15) is 0 Å². The molecule has 4 N–H and O–H groups in total. The molecule has 0 spiro atoms. The highest BCUT2D eigenvalue weighted by atomic mass is 16.5. The predicted octanol–water partition coefficient (Wildman–Crippen LogP) is 1.17. The van der Waals surface area contributed by atoms with E-state index in [1.54, 1.807) is 25.1 Å². The first-order chi connectivity index (χ1) is 8.43. The second-order valence-electron chi connectivity index (χ2n) is 4.42. The number of ether oxygens (including phenoxy) is 1. The third kappa shape index (κ3) is 3.92. The number of hydrogen-bond acceptors (Lipinski definition) is 4. The van der Waals surface area contributed by atoms with Gasteiger partial charge in [0.25, 0.3) is 5.91 Å². The van der Waals surface area contributed by atoms with E-state index >= 15 is 0 Å². The Balaban J connectivity index is 2.70. The van der Waals surface area contributed by atoms with Crippen LogP contribution in [0.3, 0.4) is 0 Å². The molecule has 18 heavy (non-hydrogen) atoms. The molecule has 5 nitrogen and oxygen atoms in total. The lowest BCUT2D eigenvalue weighted by Crippen LogP contribution is -2.34. The van der Waals surface area contributed by atoms with Crippen LogP contribution in [0.15, 0.2) is 18.2 Å². The van der Waals surface area contributed by atoms with Crippen molar-refractivity contribution in [2.75, 3.05) is 12.8 Å². The van der Waals surface area contributed by atoms with Crippen LogP contribution in [0.2, 0.25) is 0 Å². The summed E-state index contributed by atoms with van der Waals surface area (Å²) in [5.74, 6) is 0.334. The van der Waals surface area contributed by atoms with Crippen LogP contribution in [0.4, 0.5) is 5.69 Å². The van der Waals surface area contributed by atoms with Crippen LogP contribution < -0.4 is 15.8 Å². The highest BCUT2D eigenvalue weighted by molar-refractivity contribution is 5.95. The van der Waals surface area contributed by atoms with Gasteiger partial charge in [0, 0.05) is 11.6 Å². The van der Waals surface area contributed by atoms with E-state index in [1.165, 1.54) is 7.11 Å². The fraction of sp³-hybridized carbons (Fsp3) is 0.462. The number of anilines is 1. The molecule has 0 aliphatic heterocycles. The molecular formula is C13H20N2O3. The van der Waals surface area contributed by atoms with Crippen molar-refractivity contribution in [2.45, 2.75) is 32.4 Å². The van der Waals surface area contributed by atoms with Crippen molar-refractivity contribution in [1.82, 2.24) is 5.32 Å². The Kier molecular flexibility index (Phi) is 4.97. The van der Waals surface area contributed by atoms with Crippen molar-refractivity contribution >= 4 is 11.6 Å². The third-order valence-electron chi connectivity index (χ3n) is 2.56. The first-order valence-electron chi connectivity index (χ1n) is 5.86. The van der Waals surface area contributed by atoms with Crippen molar-refractivity contribution in [3.8, 4) is 5.75 Å². The average Bonchev–Trinajstić information content (AvgIpc) is 2.27. The maximum absolute atomic E-state index is 11.9. The minimum absolute atomic E-state index is 0.0965. The summed E-state index contributed by atoms with van der Waals surface area (Å²) in [5.41, 5.74) is 6.64. The molecule has 0 saturated heterocycles. The summed E-state index contributed by atoms with van der Waals surface area (Å²) >= 11 is 0. The largest absolute Gasteiger partial charge is 0.495 e. The molecular weight excluding hydrogens is 232 g/mol. The molecule has 0 fully saturated rings. The van der Waals surface area contributed by atoms with Gasteiger partial charge in [-0.1, -0.05) is 0 Å². The van der Waals surface area contributed by atoms with Gasteiger partial charge in [-0.15, -0.1) is 0 Å². The van der Waals surface area contributed by atoms with Crippen molar-refractivity contribution in [2.24, 2.45) is 0 Å². The Labute approximate surface area is 107 Å². The summed E-state index contributed by atoms with van der Waals surface area (Å²) in [6.07, 6.45) is 0.0680. The van der Waals surface area contributed by atoms with Crippen LogP contribution in [0.1, 0.15) is 30.6 Å². The van der Waals surface area contributed by atoms with Gasteiger partial charge in [0.15, 0.2) is 0 Å². The average molecular weight is 252 g/mol. The van der Waals surface area contributed by atoms with Gasteiger partial charge in [0.1, 0.15) is 5.75 Å². The van der Waals surface area contributed by atoms with Gasteiger partial charge in [-0.25, -0.2) is 0 Å². The van der Waals surface area contributed by atoms with Crippen LogP contribution in [0, 0.1) is 0 Å². The number of nitrogens with two attached hydrogens (primary N) is 1. The zero-order valence-electron chi connectivity index (χ0n) is 10.9. The lowest BCUT2D eigenvalue weighted by Gasteiger charge is -2.15. The number of aliphatic hydroxyl groups is 1. The lowest BCUT2D eigenvalue weighted by atomic mass is 10.1. The number of rotatable bonds is 5. The third-order valence-corrected chi connectivity index (χ3v) is 2.56. The van der Waals surface area contributed by atoms with Gasteiger partial charge in [-0.3, -0.25) is 4.79 Å². The maximum atomic E-state index is 11.9. The Morgan fingerprint density at radius 1 is 1.50 bits per heavy atom. The van der Waals surface area contributed by atoms with E-state index in [0.29, 0.717) is 23.4 Å². The maximum Gasteiger partial charge on any atom is 0.251 e. The van der Waals surface area contributed by atoms with Crippen LogP contribution in [0.25, 0.3) is 0 Å². The molecule has 100 valence electrons. The summed E-state index contributed by atoms with van der Waals surface area (Å²) in [7, 11) is 1.52. The second-order valence-corrected chi connectivity index (χ2v) is 4.42.